The SMILES string of the molecule is CC(=O)OC[C@H]1O[C@@H](OCC#Cc2ccc(-c3cc(-c4cc(-c5ccc(C#CCO[C@@H]6O[C@H](COC(C)=O)[C@H](OC(C)=O)[C@H](OC(C)=O)[C@H]6OC(C)=O)s5)c(-c5ccc(C#CCO[C@@H]6O[C@H](COC(C)=O)[C@H](OC(C)=O)[C@H](OC(C)=O)[C@H]6OC(C)=O)s5)s4)sc3-c3ccc(C#CCO[C@@H]4O[C@H](COC(C)=O)[C@H](OC(C)=O)[C@H](OC(C)=O)[C@H]4OC(C)=O)s3)s2)[C@H](OC(C)=O)[C@@H](OC(C)=O)[C@H]1OC(C)=O. The molecule has 20 atom stereocenters. The van der Waals surface area contributed by atoms with E-state index in [0.29, 0.717) is 29.3 Å². The first-order chi connectivity index (χ1) is 65.5. The van der Waals surface area contributed by atoms with E-state index in [1.165, 1.54) is 68.0 Å². The maximum Gasteiger partial charge on any atom is 0.303 e. The van der Waals surface area contributed by atoms with Crippen molar-refractivity contribution in [2.24, 2.45) is 0 Å². The minimum Gasteiger partial charge on any atom is -0.463 e. The van der Waals surface area contributed by atoms with Crippen LogP contribution in [0.5, 0.6) is 0 Å². The van der Waals surface area contributed by atoms with Crippen LogP contribution in [0.3, 0.4) is 0 Å². The van der Waals surface area contributed by atoms with Gasteiger partial charge in [0.1, 0.15) is 77.3 Å². The smallest absolute Gasteiger partial charge is 0.303 e. The molecule has 10 rings (SSSR count). The molecule has 0 bridgehead atoms. The molecule has 738 valence electrons. The highest BCUT2D eigenvalue weighted by atomic mass is 32.1. The van der Waals surface area contributed by atoms with Crippen LogP contribution in [-0.4, -0.2) is 271 Å². The third kappa shape index (κ3) is 31.3. The summed E-state index contributed by atoms with van der Waals surface area (Å²) in [5.74, 6) is 11.3. The van der Waals surface area contributed by atoms with Gasteiger partial charge in [0, 0.05) is 151 Å². The number of ether oxygens (including phenoxy) is 24. The Morgan fingerprint density at radius 2 is 0.420 bits per heavy atom. The molecule has 4 aliphatic rings. The van der Waals surface area contributed by atoms with Crippen LogP contribution in [-0.2, 0) is 190 Å². The van der Waals surface area contributed by atoms with Crippen LogP contribution < -0.4 is 0 Å². The molecule has 4 saturated heterocycles. The highest BCUT2D eigenvalue weighted by Gasteiger charge is 2.57. The first-order valence-corrected chi connectivity index (χ1v) is 46.8. The average Bonchev–Trinajstić information content (AvgIpc) is 1.59. The summed E-state index contributed by atoms with van der Waals surface area (Å²) in [6, 6.07) is 18.6. The van der Waals surface area contributed by atoms with Crippen LogP contribution in [0.15, 0.2) is 60.7 Å². The summed E-state index contributed by atoms with van der Waals surface area (Å²) in [4.78, 5) is 207. The fraction of sp³-hybridized carbons (Fsp3) is 0.478. The number of esters is 16. The molecule has 0 aromatic carbocycles. The van der Waals surface area contributed by atoms with Gasteiger partial charge in [0.05, 0.1) is 29.3 Å². The summed E-state index contributed by atoms with van der Waals surface area (Å²) in [5.41, 5.74) is 1.46. The summed E-state index contributed by atoms with van der Waals surface area (Å²) >= 11 is 8.07. The van der Waals surface area contributed by atoms with Crippen molar-refractivity contribution in [3.63, 3.8) is 0 Å². The van der Waals surface area contributed by atoms with E-state index in [0.717, 1.165) is 151 Å². The second-order valence-electron chi connectivity index (χ2n) is 30.1. The van der Waals surface area contributed by atoms with Crippen LogP contribution in [0, 0.1) is 47.4 Å². The minimum absolute atomic E-state index is 0.400. The molecule has 0 spiro atoms. The van der Waals surface area contributed by atoms with Crippen LogP contribution >= 0.6 is 68.0 Å². The van der Waals surface area contributed by atoms with Gasteiger partial charge in [-0.15, -0.1) is 68.0 Å². The zero-order chi connectivity index (χ0) is 100. The second kappa shape index (κ2) is 50.8. The second-order valence-corrected chi connectivity index (χ2v) is 36.5. The molecule has 0 aliphatic carbocycles. The first kappa shape index (κ1) is 108. The van der Waals surface area contributed by atoms with E-state index < -0.39 is 271 Å². The number of thiophene rings is 6. The largest absolute Gasteiger partial charge is 0.463 e. The molecular weight excluding hydrogens is 1940 g/mol. The molecule has 46 heteroatoms. The topological polar surface area (TPSA) is 495 Å². The Morgan fingerprint density at radius 1 is 0.232 bits per heavy atom. The van der Waals surface area contributed by atoms with Crippen LogP contribution in [0.1, 0.15) is 130 Å². The van der Waals surface area contributed by atoms with Gasteiger partial charge in [-0.05, 0) is 60.7 Å². The number of hydrogen-bond donors (Lipinski definition) is 0. The Hall–Kier alpha value is -12.4. The van der Waals surface area contributed by atoms with Crippen molar-refractivity contribution >= 4 is 164 Å². The van der Waals surface area contributed by atoms with Gasteiger partial charge >= 0.3 is 95.5 Å². The molecule has 4 aliphatic heterocycles. The Bertz CT molecular complexity index is 5070. The van der Waals surface area contributed by atoms with Crippen molar-refractivity contribution in [3.05, 3.63) is 80.2 Å². The van der Waals surface area contributed by atoms with Crippen LogP contribution in [0.4, 0.5) is 0 Å². The fourth-order valence-corrected chi connectivity index (χ4v) is 20.6. The zero-order valence-electron chi connectivity index (χ0n) is 76.8. The molecule has 6 aromatic rings. The highest BCUT2D eigenvalue weighted by Crippen LogP contribution is 2.53. The molecule has 0 N–H and O–H groups in total. The predicted molar refractivity (Wildman–Crippen MR) is 480 cm³/mol. The van der Waals surface area contributed by atoms with Crippen molar-refractivity contribution < 1.29 is 190 Å². The molecule has 4 fully saturated rings. The maximum atomic E-state index is 12.6. The average molecular weight is 2030 g/mol. The first-order valence-electron chi connectivity index (χ1n) is 41.9. The Kier molecular flexibility index (Phi) is 39.6. The van der Waals surface area contributed by atoms with E-state index in [1.54, 1.807) is 24.3 Å². The van der Waals surface area contributed by atoms with E-state index in [1.807, 2.05) is 36.4 Å². The normalized spacial score (nSPS) is 24.0. The summed E-state index contributed by atoms with van der Waals surface area (Å²) in [6.07, 6.45) is -29.3. The van der Waals surface area contributed by atoms with Crippen molar-refractivity contribution in [1.29, 1.82) is 0 Å². The lowest BCUT2D eigenvalue weighted by Gasteiger charge is -2.43. The van der Waals surface area contributed by atoms with Crippen LogP contribution in [0.25, 0.3) is 50.1 Å². The highest BCUT2D eigenvalue weighted by molar-refractivity contribution is 7.30. The standard InChI is InChI=1S/C92H94O40S6/c1-43(93)113-39-65-75(117-47(5)97)79(121-51(9)101)83(125-55(13)105)89(129-65)109-33-17-21-59-25-29-69(133-59)63-37-73(137-87(63)71-31-27-61(135-71)23-19-35-111-91-85(127-57(15)107)81(123-53(11)103)77(119-49(7)99)67(131-91)41-115-45(3)95)74-38-64(70-30-26-60(134-70)22-18-34-110-90-84(126-56(14)106)80(122-52(10)102)76(118-48(6)98)66(130-90)40-114-44(2)94)88(138-74)72-32-28-62(136-72)24-20-36-112-92-86(128-58(16)108)82(124-54(12)104)78(120-50(8)100)68(132-92)42-116-46(4)96/h25-32,37-38,65-68,75-86,89-92H,33-36,39-42H2,1-16H3/t65-,66-,67-,68-,75+,76+,77+,78+,79+,80+,81+,82+,83-,84-,85-,86-,89-,90-,91-,92-/m1/s1. The summed E-state index contributed by atoms with van der Waals surface area (Å²) in [5, 5.41) is 0. The van der Waals surface area contributed by atoms with Gasteiger partial charge in [-0.1, -0.05) is 47.4 Å². The Balaban J connectivity index is 1.04. The Labute approximate surface area is 813 Å². The molecule has 0 unspecified atom stereocenters. The number of hydrogen-bond acceptors (Lipinski definition) is 46. The molecule has 0 amide bonds. The predicted octanol–water partition coefficient (Wildman–Crippen LogP) is 8.20. The van der Waals surface area contributed by atoms with Gasteiger partial charge in [-0.3, -0.25) is 76.7 Å². The molecule has 138 heavy (non-hydrogen) atoms. The van der Waals surface area contributed by atoms with E-state index in [4.69, 9.17) is 114 Å². The van der Waals surface area contributed by atoms with E-state index in [-0.39, 0.29) is 0 Å². The monoisotopic (exact) mass is 2030 g/mol. The van der Waals surface area contributed by atoms with Gasteiger partial charge in [-0.25, -0.2) is 0 Å². The van der Waals surface area contributed by atoms with Crippen molar-refractivity contribution in [2.45, 2.75) is 234 Å². The van der Waals surface area contributed by atoms with E-state index in [9.17, 15) is 76.7 Å². The summed E-state index contributed by atoms with van der Waals surface area (Å²) < 4.78 is 137. The minimum atomic E-state index is -1.53. The van der Waals surface area contributed by atoms with Gasteiger partial charge in [-0.2, -0.15) is 0 Å². The Morgan fingerprint density at radius 3 is 0.623 bits per heavy atom. The lowest BCUT2D eigenvalue weighted by Crippen LogP contribution is -2.63. The quantitative estimate of drug-likeness (QED) is 0.0213. The summed E-state index contributed by atoms with van der Waals surface area (Å²) in [6.45, 7) is 14.0. The van der Waals surface area contributed by atoms with Gasteiger partial charge in [0.25, 0.3) is 0 Å². The third-order valence-electron chi connectivity index (χ3n) is 19.0. The number of rotatable bonds is 33. The fourth-order valence-electron chi connectivity index (χ4n) is 14.2. The molecule has 40 nitrogen and oxygen atoms in total. The molecule has 6 aromatic heterocycles. The van der Waals surface area contributed by atoms with Gasteiger partial charge < -0.3 is 114 Å². The molecule has 0 saturated carbocycles. The van der Waals surface area contributed by atoms with Gasteiger partial charge in [0.2, 0.25) is 0 Å². The molecular formula is C92H94O40S6. The maximum absolute atomic E-state index is 12.6. The third-order valence-corrected chi connectivity index (χ3v) is 25.9. The number of carbonyl (C=O) groups excluding carboxylic acids is 16. The summed E-state index contributed by atoms with van der Waals surface area (Å²) in [7, 11) is 0. The van der Waals surface area contributed by atoms with Crippen LogP contribution in [0.2, 0.25) is 0 Å². The van der Waals surface area contributed by atoms with Crippen molar-refractivity contribution in [2.75, 3.05) is 52.9 Å². The molecule has 0 radical (unpaired) electrons. The molecule has 10 heterocycles. The van der Waals surface area contributed by atoms with E-state index in [2.05, 4.69) is 47.4 Å². The lowest BCUT2D eigenvalue weighted by molar-refractivity contribution is -0.305. The van der Waals surface area contributed by atoms with Crippen molar-refractivity contribution in [3.8, 4) is 97.5 Å². The van der Waals surface area contributed by atoms with E-state index >= 15 is 0 Å². The zero-order valence-corrected chi connectivity index (χ0v) is 81.7. The van der Waals surface area contributed by atoms with Crippen molar-refractivity contribution in [1.82, 2.24) is 0 Å². The number of carbonyl (C=O) groups is 16. The van der Waals surface area contributed by atoms with Gasteiger partial charge in [0.15, 0.2) is 98.4 Å². The lowest BCUT2D eigenvalue weighted by atomic mass is 9.98.